The Hall–Kier alpha value is -2.61. The molecule has 7 nitrogen and oxygen atoms in total. The Kier molecular flexibility index (Phi) is 5.95. The number of aryl methyl sites for hydroxylation is 1. The van der Waals surface area contributed by atoms with Crippen molar-refractivity contribution in [3.05, 3.63) is 46.4 Å². The Balaban J connectivity index is 1.79. The predicted molar refractivity (Wildman–Crippen MR) is 106 cm³/mol. The van der Waals surface area contributed by atoms with E-state index in [4.69, 9.17) is 0 Å². The summed E-state index contributed by atoms with van der Waals surface area (Å²) in [5, 5.41) is 3.28. The molecule has 0 radical (unpaired) electrons. The van der Waals surface area contributed by atoms with Gasteiger partial charge in [0, 0.05) is 24.2 Å². The number of aromatic amines is 1. The number of para-hydroxylation sites is 2. The maximum atomic E-state index is 12.9. The molecule has 2 aromatic rings. The van der Waals surface area contributed by atoms with Crippen molar-refractivity contribution >= 4 is 35.0 Å². The van der Waals surface area contributed by atoms with Gasteiger partial charge in [-0.25, -0.2) is 4.98 Å². The summed E-state index contributed by atoms with van der Waals surface area (Å²) in [7, 11) is 0. The summed E-state index contributed by atoms with van der Waals surface area (Å²) < 4.78 is 0. The van der Waals surface area contributed by atoms with Crippen molar-refractivity contribution in [3.63, 3.8) is 0 Å². The lowest BCUT2D eigenvalue weighted by molar-refractivity contribution is -0.117. The fourth-order valence-electron chi connectivity index (χ4n) is 3.10. The number of rotatable bonds is 5. The fourth-order valence-corrected chi connectivity index (χ4v) is 3.86. The summed E-state index contributed by atoms with van der Waals surface area (Å²) in [5.41, 5.74) is 1.82. The topological polar surface area (TPSA) is 95.2 Å². The van der Waals surface area contributed by atoms with Crippen molar-refractivity contribution in [3.8, 4) is 0 Å². The van der Waals surface area contributed by atoms with Crippen LogP contribution in [0.1, 0.15) is 32.4 Å². The molecule has 3 rings (SSSR count). The van der Waals surface area contributed by atoms with Gasteiger partial charge >= 0.3 is 0 Å². The number of anilines is 2. The van der Waals surface area contributed by atoms with Crippen molar-refractivity contribution in [2.24, 2.45) is 0 Å². The van der Waals surface area contributed by atoms with Crippen LogP contribution in [0.5, 0.6) is 0 Å². The highest BCUT2D eigenvalue weighted by atomic mass is 32.2. The predicted octanol–water partition coefficient (Wildman–Crippen LogP) is 2.58. The molecule has 0 spiro atoms. The molecular weight excluding hydrogens is 364 g/mol. The summed E-state index contributed by atoms with van der Waals surface area (Å²) in [5.74, 6) is -0.137. The third-order valence-corrected chi connectivity index (χ3v) is 5.10. The third kappa shape index (κ3) is 4.57. The number of aromatic nitrogens is 2. The van der Waals surface area contributed by atoms with E-state index in [-0.39, 0.29) is 35.6 Å². The minimum atomic E-state index is -0.264. The van der Waals surface area contributed by atoms with Crippen molar-refractivity contribution in [2.45, 2.75) is 44.3 Å². The molecule has 0 saturated carbocycles. The quantitative estimate of drug-likeness (QED) is 0.608. The standard InChI is InChI=1S/C19H22N4O3S/c1-3-6-13-10-17(25)22-19(20-13)27-11-18(26)23-12(2)9-16(24)21-14-7-4-5-8-15(14)23/h4-5,7-8,10,12H,3,6,9,11H2,1-2H3,(H,21,24)(H,20,22,25). The highest BCUT2D eigenvalue weighted by Crippen LogP contribution is 2.32. The average Bonchev–Trinajstić information content (AvgIpc) is 2.74. The van der Waals surface area contributed by atoms with Gasteiger partial charge < -0.3 is 15.2 Å². The molecule has 1 aromatic heterocycles. The number of nitrogens with one attached hydrogen (secondary N) is 2. The number of thioether (sulfide) groups is 1. The molecule has 142 valence electrons. The highest BCUT2D eigenvalue weighted by molar-refractivity contribution is 7.99. The number of benzene rings is 1. The molecular formula is C19H22N4O3S. The van der Waals surface area contributed by atoms with Crippen LogP contribution in [0.3, 0.4) is 0 Å². The van der Waals surface area contributed by atoms with Gasteiger partial charge in [-0.2, -0.15) is 0 Å². The molecule has 0 fully saturated rings. The van der Waals surface area contributed by atoms with Crippen molar-refractivity contribution in [2.75, 3.05) is 16.0 Å². The molecule has 1 aliphatic rings. The normalized spacial score (nSPS) is 16.4. The Morgan fingerprint density at radius 1 is 1.33 bits per heavy atom. The summed E-state index contributed by atoms with van der Waals surface area (Å²) in [6.45, 7) is 3.87. The van der Waals surface area contributed by atoms with Gasteiger partial charge in [-0.3, -0.25) is 14.4 Å². The van der Waals surface area contributed by atoms with Gasteiger partial charge in [-0.05, 0) is 25.5 Å². The molecule has 1 aliphatic heterocycles. The third-order valence-electron chi connectivity index (χ3n) is 4.24. The lowest BCUT2D eigenvalue weighted by atomic mass is 10.2. The Labute approximate surface area is 161 Å². The first-order valence-corrected chi connectivity index (χ1v) is 9.90. The first-order valence-electron chi connectivity index (χ1n) is 8.92. The molecule has 27 heavy (non-hydrogen) atoms. The number of nitrogens with zero attached hydrogens (tertiary/aromatic N) is 2. The Morgan fingerprint density at radius 2 is 2.11 bits per heavy atom. The summed E-state index contributed by atoms with van der Waals surface area (Å²) >= 11 is 1.20. The van der Waals surface area contributed by atoms with Gasteiger partial charge in [0.1, 0.15) is 0 Å². The van der Waals surface area contributed by atoms with Crippen molar-refractivity contribution < 1.29 is 9.59 Å². The number of fused-ring (bicyclic) bond motifs is 1. The minimum absolute atomic E-state index is 0.115. The van der Waals surface area contributed by atoms with Crippen LogP contribution < -0.4 is 15.8 Å². The number of hydrogen-bond acceptors (Lipinski definition) is 5. The van der Waals surface area contributed by atoms with Crippen LogP contribution in [0.25, 0.3) is 0 Å². The van der Waals surface area contributed by atoms with Gasteiger partial charge in [-0.15, -0.1) is 0 Å². The van der Waals surface area contributed by atoms with Crippen LogP contribution >= 0.6 is 11.8 Å². The van der Waals surface area contributed by atoms with Gasteiger partial charge in [0.2, 0.25) is 11.8 Å². The van der Waals surface area contributed by atoms with E-state index in [1.807, 2.05) is 32.0 Å². The van der Waals surface area contributed by atoms with Gasteiger partial charge in [0.05, 0.1) is 17.1 Å². The van der Waals surface area contributed by atoms with E-state index in [0.717, 1.165) is 18.5 Å². The van der Waals surface area contributed by atoms with Gasteiger partial charge in [0.25, 0.3) is 5.56 Å². The van der Waals surface area contributed by atoms with E-state index in [1.165, 1.54) is 17.8 Å². The van der Waals surface area contributed by atoms with E-state index in [2.05, 4.69) is 15.3 Å². The average molecular weight is 386 g/mol. The molecule has 8 heteroatoms. The Bertz CT molecular complexity index is 912. The molecule has 0 bridgehead atoms. The van der Waals surface area contributed by atoms with Gasteiger partial charge in [0.15, 0.2) is 5.16 Å². The van der Waals surface area contributed by atoms with E-state index in [0.29, 0.717) is 16.5 Å². The molecule has 2 heterocycles. The lowest BCUT2D eigenvalue weighted by Crippen LogP contribution is -2.40. The summed E-state index contributed by atoms with van der Waals surface area (Å²) in [6.07, 6.45) is 1.84. The smallest absolute Gasteiger partial charge is 0.251 e. The fraction of sp³-hybridized carbons (Fsp3) is 0.368. The van der Waals surface area contributed by atoms with Crippen molar-refractivity contribution in [1.29, 1.82) is 0 Å². The lowest BCUT2D eigenvalue weighted by Gasteiger charge is -2.27. The number of hydrogen-bond donors (Lipinski definition) is 2. The molecule has 1 atom stereocenters. The van der Waals surface area contributed by atoms with E-state index in [1.54, 1.807) is 11.0 Å². The second-order valence-corrected chi connectivity index (χ2v) is 7.43. The molecule has 0 aliphatic carbocycles. The number of carbonyl (C=O) groups is 2. The zero-order chi connectivity index (χ0) is 19.4. The Morgan fingerprint density at radius 3 is 2.89 bits per heavy atom. The molecule has 1 aromatic carbocycles. The van der Waals surface area contributed by atoms with Crippen LogP contribution in [-0.2, 0) is 16.0 Å². The van der Waals surface area contributed by atoms with Crippen LogP contribution in [0, 0.1) is 0 Å². The molecule has 2 N–H and O–H groups in total. The molecule has 0 saturated heterocycles. The van der Waals surface area contributed by atoms with Gasteiger partial charge in [-0.1, -0.05) is 37.2 Å². The van der Waals surface area contributed by atoms with Crippen LogP contribution in [0.15, 0.2) is 40.3 Å². The summed E-state index contributed by atoms with van der Waals surface area (Å²) in [4.78, 5) is 45.5. The summed E-state index contributed by atoms with van der Waals surface area (Å²) in [6, 6.07) is 8.48. The zero-order valence-corrected chi connectivity index (χ0v) is 16.1. The van der Waals surface area contributed by atoms with Crippen LogP contribution in [-0.4, -0.2) is 33.6 Å². The second-order valence-electron chi connectivity index (χ2n) is 6.46. The first-order chi connectivity index (χ1) is 13.0. The van der Waals surface area contributed by atoms with E-state index < -0.39 is 0 Å². The first kappa shape index (κ1) is 19.2. The molecule has 1 unspecified atom stereocenters. The minimum Gasteiger partial charge on any atom is -0.324 e. The number of H-pyrrole nitrogens is 1. The molecule has 2 amide bonds. The maximum Gasteiger partial charge on any atom is 0.251 e. The van der Waals surface area contributed by atoms with Crippen molar-refractivity contribution in [1.82, 2.24) is 9.97 Å². The highest BCUT2D eigenvalue weighted by Gasteiger charge is 2.29. The second kappa shape index (κ2) is 8.39. The monoisotopic (exact) mass is 386 g/mol. The van der Waals surface area contributed by atoms with Crippen LogP contribution in [0.2, 0.25) is 0 Å². The van der Waals surface area contributed by atoms with E-state index >= 15 is 0 Å². The number of amides is 2. The maximum absolute atomic E-state index is 12.9. The largest absolute Gasteiger partial charge is 0.324 e. The van der Waals surface area contributed by atoms with Crippen LogP contribution in [0.4, 0.5) is 11.4 Å². The SMILES string of the molecule is CCCc1cc(=O)[nH]c(SCC(=O)N2c3ccccc3NC(=O)CC2C)n1. The van der Waals surface area contributed by atoms with E-state index in [9.17, 15) is 14.4 Å². The number of carbonyl (C=O) groups excluding carboxylic acids is 2. The zero-order valence-electron chi connectivity index (χ0n) is 15.3.